The molecule has 3 nitrogen and oxygen atoms in total. The summed E-state index contributed by atoms with van der Waals surface area (Å²) in [6, 6.07) is 3.18. The van der Waals surface area contributed by atoms with Crippen LogP contribution in [0.15, 0.2) is 18.3 Å². The minimum Gasteiger partial charge on any atom is -0.506 e. The number of hydrogen-bond donors (Lipinski definition) is 1. The van der Waals surface area contributed by atoms with Crippen LogP contribution in [-0.4, -0.2) is 15.1 Å². The van der Waals surface area contributed by atoms with Crippen molar-refractivity contribution in [1.29, 1.82) is 0 Å². The number of benzene rings is 1. The molecular formula is C13H19ClN2O. The molecule has 0 aliphatic heterocycles. The Bertz CT molecular complexity index is 472. The molecule has 17 heavy (non-hydrogen) atoms. The van der Waals surface area contributed by atoms with E-state index in [-0.39, 0.29) is 5.75 Å². The highest BCUT2D eigenvalue weighted by Crippen LogP contribution is 2.27. The standard InChI is InChI=1S/C9H7ClN2O.2C2H6/c1-5-11-4-6-2-9(13)7(10)3-8(6)12-5;2*1-2/h2-4,13H,1H3;2*1-2H3. The smallest absolute Gasteiger partial charge is 0.134 e. The lowest BCUT2D eigenvalue weighted by molar-refractivity contribution is 0.476. The average molecular weight is 255 g/mol. The Balaban J connectivity index is 0.000000581. The number of phenols is 1. The lowest BCUT2D eigenvalue weighted by Crippen LogP contribution is -1.87. The topological polar surface area (TPSA) is 46.0 Å². The van der Waals surface area contributed by atoms with E-state index in [1.54, 1.807) is 25.3 Å². The van der Waals surface area contributed by atoms with Crippen molar-refractivity contribution in [3.05, 3.63) is 29.2 Å². The first-order chi connectivity index (χ1) is 8.16. The van der Waals surface area contributed by atoms with Gasteiger partial charge in [0.15, 0.2) is 0 Å². The second-order valence-corrected chi connectivity index (χ2v) is 3.19. The molecular weight excluding hydrogens is 236 g/mol. The van der Waals surface area contributed by atoms with Crippen molar-refractivity contribution in [2.24, 2.45) is 0 Å². The summed E-state index contributed by atoms with van der Waals surface area (Å²) >= 11 is 5.73. The van der Waals surface area contributed by atoms with Crippen LogP contribution in [0.25, 0.3) is 10.9 Å². The van der Waals surface area contributed by atoms with Crippen LogP contribution in [0.2, 0.25) is 5.02 Å². The summed E-state index contributed by atoms with van der Waals surface area (Å²) in [6.45, 7) is 9.81. The molecule has 0 saturated carbocycles. The molecule has 2 rings (SSSR count). The Labute approximate surface area is 107 Å². The molecule has 0 spiro atoms. The Kier molecular flexibility index (Phi) is 7.22. The number of aromatic hydroxyl groups is 1. The number of aromatic nitrogens is 2. The number of rotatable bonds is 0. The van der Waals surface area contributed by atoms with Crippen molar-refractivity contribution in [3.63, 3.8) is 0 Å². The van der Waals surface area contributed by atoms with Gasteiger partial charge in [0, 0.05) is 11.6 Å². The molecule has 0 saturated heterocycles. The van der Waals surface area contributed by atoms with Gasteiger partial charge in [0.1, 0.15) is 11.6 Å². The lowest BCUT2D eigenvalue weighted by Gasteiger charge is -2.00. The van der Waals surface area contributed by atoms with Crippen molar-refractivity contribution in [2.45, 2.75) is 34.6 Å². The first-order valence-electron chi connectivity index (χ1n) is 5.78. The summed E-state index contributed by atoms with van der Waals surface area (Å²) in [5.74, 6) is 0.746. The zero-order valence-corrected chi connectivity index (χ0v) is 11.7. The van der Waals surface area contributed by atoms with Crippen molar-refractivity contribution >= 4 is 22.5 Å². The predicted molar refractivity (Wildman–Crippen MR) is 73.6 cm³/mol. The van der Waals surface area contributed by atoms with Crippen LogP contribution in [0.1, 0.15) is 33.5 Å². The van der Waals surface area contributed by atoms with Crippen LogP contribution in [0, 0.1) is 6.92 Å². The molecule has 1 N–H and O–H groups in total. The van der Waals surface area contributed by atoms with Crippen molar-refractivity contribution < 1.29 is 5.11 Å². The van der Waals surface area contributed by atoms with Crippen LogP contribution < -0.4 is 0 Å². The third-order valence-electron chi connectivity index (χ3n) is 1.77. The maximum Gasteiger partial charge on any atom is 0.134 e. The van der Waals surface area contributed by atoms with E-state index in [4.69, 9.17) is 11.6 Å². The second-order valence-electron chi connectivity index (χ2n) is 2.78. The summed E-state index contributed by atoms with van der Waals surface area (Å²) < 4.78 is 0. The Morgan fingerprint density at radius 2 is 1.71 bits per heavy atom. The van der Waals surface area contributed by atoms with Crippen molar-refractivity contribution in [2.75, 3.05) is 0 Å². The summed E-state index contributed by atoms with van der Waals surface area (Å²) in [5, 5.41) is 10.4. The van der Waals surface area contributed by atoms with Gasteiger partial charge < -0.3 is 5.11 Å². The lowest BCUT2D eigenvalue weighted by atomic mass is 10.2. The highest BCUT2D eigenvalue weighted by Gasteiger charge is 2.02. The fraction of sp³-hybridized carbons (Fsp3) is 0.385. The molecule has 4 heteroatoms. The largest absolute Gasteiger partial charge is 0.506 e. The average Bonchev–Trinajstić information content (AvgIpc) is 2.36. The van der Waals surface area contributed by atoms with Gasteiger partial charge in [-0.05, 0) is 19.1 Å². The van der Waals surface area contributed by atoms with Gasteiger partial charge in [-0.1, -0.05) is 39.3 Å². The highest BCUT2D eigenvalue weighted by atomic mass is 35.5. The Morgan fingerprint density at radius 3 is 2.29 bits per heavy atom. The zero-order chi connectivity index (χ0) is 13.4. The van der Waals surface area contributed by atoms with Gasteiger partial charge in [0.05, 0.1) is 10.5 Å². The molecule has 1 aromatic carbocycles. The van der Waals surface area contributed by atoms with E-state index < -0.39 is 0 Å². The number of aryl methyl sites for hydroxylation is 1. The number of halogens is 1. The van der Waals surface area contributed by atoms with E-state index in [1.165, 1.54) is 0 Å². The van der Waals surface area contributed by atoms with Crippen LogP contribution in [0.4, 0.5) is 0 Å². The second kappa shape index (κ2) is 7.85. The summed E-state index contributed by atoms with van der Waals surface area (Å²) in [6.07, 6.45) is 1.66. The number of phenolic OH excluding ortho intramolecular Hbond substituents is 1. The predicted octanol–water partition coefficient (Wildman–Crippen LogP) is 4.35. The van der Waals surface area contributed by atoms with Gasteiger partial charge in [-0.15, -0.1) is 0 Å². The molecule has 1 heterocycles. The molecule has 0 atom stereocenters. The summed E-state index contributed by atoms with van der Waals surface area (Å²) in [7, 11) is 0. The first-order valence-corrected chi connectivity index (χ1v) is 6.16. The highest BCUT2D eigenvalue weighted by molar-refractivity contribution is 6.32. The number of hydrogen-bond acceptors (Lipinski definition) is 3. The van der Waals surface area contributed by atoms with E-state index in [0.29, 0.717) is 10.8 Å². The van der Waals surface area contributed by atoms with Gasteiger partial charge in [-0.3, -0.25) is 0 Å². The molecule has 0 bridgehead atoms. The van der Waals surface area contributed by atoms with Gasteiger partial charge >= 0.3 is 0 Å². The fourth-order valence-electron chi connectivity index (χ4n) is 1.13. The van der Waals surface area contributed by atoms with E-state index in [0.717, 1.165) is 10.9 Å². The minimum atomic E-state index is 0.0571. The van der Waals surface area contributed by atoms with Crippen LogP contribution >= 0.6 is 11.6 Å². The zero-order valence-electron chi connectivity index (χ0n) is 11.0. The monoisotopic (exact) mass is 254 g/mol. The minimum absolute atomic E-state index is 0.0571. The molecule has 0 radical (unpaired) electrons. The third-order valence-corrected chi connectivity index (χ3v) is 2.07. The SMILES string of the molecule is CC.CC.Cc1ncc2cc(O)c(Cl)cc2n1. The van der Waals surface area contributed by atoms with E-state index in [9.17, 15) is 5.11 Å². The Morgan fingerprint density at radius 1 is 1.12 bits per heavy atom. The molecule has 1 aromatic heterocycles. The molecule has 0 unspecified atom stereocenters. The molecule has 2 aromatic rings. The van der Waals surface area contributed by atoms with E-state index >= 15 is 0 Å². The molecule has 0 amide bonds. The summed E-state index contributed by atoms with van der Waals surface area (Å²) in [5.41, 5.74) is 0.746. The maximum atomic E-state index is 9.30. The summed E-state index contributed by atoms with van der Waals surface area (Å²) in [4.78, 5) is 8.18. The van der Waals surface area contributed by atoms with Gasteiger partial charge in [-0.2, -0.15) is 0 Å². The molecule has 94 valence electrons. The van der Waals surface area contributed by atoms with Gasteiger partial charge in [0.2, 0.25) is 0 Å². The number of nitrogens with zero attached hydrogens (tertiary/aromatic N) is 2. The van der Waals surface area contributed by atoms with Crippen molar-refractivity contribution in [1.82, 2.24) is 9.97 Å². The quantitative estimate of drug-likeness (QED) is 0.760. The van der Waals surface area contributed by atoms with E-state index in [2.05, 4.69) is 9.97 Å². The van der Waals surface area contributed by atoms with Crippen LogP contribution in [-0.2, 0) is 0 Å². The van der Waals surface area contributed by atoms with Gasteiger partial charge in [0.25, 0.3) is 0 Å². The molecule has 0 aliphatic carbocycles. The van der Waals surface area contributed by atoms with Crippen LogP contribution in [0.5, 0.6) is 5.75 Å². The fourth-order valence-corrected chi connectivity index (χ4v) is 1.29. The number of fused-ring (bicyclic) bond motifs is 1. The first kappa shape index (κ1) is 15.7. The molecule has 0 aliphatic rings. The van der Waals surface area contributed by atoms with Gasteiger partial charge in [-0.25, -0.2) is 9.97 Å². The van der Waals surface area contributed by atoms with Crippen LogP contribution in [0.3, 0.4) is 0 Å². The third kappa shape index (κ3) is 4.19. The Hall–Kier alpha value is -1.35. The maximum absolute atomic E-state index is 9.30. The van der Waals surface area contributed by atoms with E-state index in [1.807, 2.05) is 27.7 Å². The molecule has 0 fully saturated rings. The normalized spacial score (nSPS) is 8.82. The van der Waals surface area contributed by atoms with Crippen molar-refractivity contribution in [3.8, 4) is 5.75 Å².